The van der Waals surface area contributed by atoms with E-state index in [4.69, 9.17) is 11.6 Å². The molecule has 0 fully saturated rings. The van der Waals surface area contributed by atoms with Crippen LogP contribution in [0.3, 0.4) is 0 Å². The number of aryl methyl sites for hydroxylation is 1. The number of nitrogens with one attached hydrogen (secondary N) is 1. The molecule has 0 spiro atoms. The van der Waals surface area contributed by atoms with Gasteiger partial charge < -0.3 is 5.32 Å². The lowest BCUT2D eigenvalue weighted by Gasteiger charge is -2.19. The van der Waals surface area contributed by atoms with Gasteiger partial charge in [-0.3, -0.25) is 0 Å². The molecule has 0 aliphatic heterocycles. The molecule has 1 atom stereocenters. The zero-order chi connectivity index (χ0) is 14.0. The fourth-order valence-electron chi connectivity index (χ4n) is 2.09. The molecule has 2 rings (SSSR count). The Labute approximate surface area is 116 Å². The fourth-order valence-corrected chi connectivity index (χ4v) is 2.43. The van der Waals surface area contributed by atoms with E-state index in [1.54, 1.807) is 19.2 Å². The van der Waals surface area contributed by atoms with Crippen molar-refractivity contribution in [1.82, 2.24) is 5.32 Å². The Morgan fingerprint density at radius 3 is 2.47 bits per heavy atom. The van der Waals surface area contributed by atoms with Crippen LogP contribution in [0.2, 0.25) is 5.02 Å². The molecular formula is C15H14ClF2N. The van der Waals surface area contributed by atoms with E-state index in [1.165, 1.54) is 6.07 Å². The zero-order valence-electron chi connectivity index (χ0n) is 10.7. The Hall–Kier alpha value is -1.45. The van der Waals surface area contributed by atoms with Crippen molar-refractivity contribution in [3.63, 3.8) is 0 Å². The SMILES string of the molecule is CNC(c1ccc(C)cc1Cl)c1cccc(F)c1F. The van der Waals surface area contributed by atoms with Crippen LogP contribution in [-0.4, -0.2) is 7.05 Å². The molecule has 1 unspecified atom stereocenters. The number of hydrogen-bond acceptors (Lipinski definition) is 1. The van der Waals surface area contributed by atoms with Crippen molar-refractivity contribution in [1.29, 1.82) is 0 Å². The Balaban J connectivity index is 2.53. The first-order chi connectivity index (χ1) is 9.04. The molecule has 0 heterocycles. The molecule has 0 amide bonds. The molecular weight excluding hydrogens is 268 g/mol. The van der Waals surface area contributed by atoms with Crippen LogP contribution in [0.25, 0.3) is 0 Å². The standard InChI is InChI=1S/C15H14ClF2N/c1-9-6-7-10(12(16)8-9)15(19-2)11-4-3-5-13(17)14(11)18/h3-8,15,19H,1-2H3. The zero-order valence-corrected chi connectivity index (χ0v) is 11.4. The highest BCUT2D eigenvalue weighted by Gasteiger charge is 2.20. The third kappa shape index (κ3) is 2.77. The van der Waals surface area contributed by atoms with Crippen LogP contribution in [0.5, 0.6) is 0 Å². The van der Waals surface area contributed by atoms with E-state index in [2.05, 4.69) is 5.32 Å². The predicted molar refractivity (Wildman–Crippen MR) is 73.4 cm³/mol. The number of rotatable bonds is 3. The summed E-state index contributed by atoms with van der Waals surface area (Å²) in [5, 5.41) is 3.50. The van der Waals surface area contributed by atoms with E-state index in [0.29, 0.717) is 5.02 Å². The van der Waals surface area contributed by atoms with Crippen molar-refractivity contribution < 1.29 is 8.78 Å². The highest BCUT2D eigenvalue weighted by atomic mass is 35.5. The van der Waals surface area contributed by atoms with Gasteiger partial charge >= 0.3 is 0 Å². The Kier molecular flexibility index (Phi) is 4.17. The predicted octanol–water partition coefficient (Wildman–Crippen LogP) is 4.24. The summed E-state index contributed by atoms with van der Waals surface area (Å²) in [7, 11) is 1.69. The molecule has 0 saturated carbocycles. The summed E-state index contributed by atoms with van der Waals surface area (Å²) >= 11 is 6.19. The molecule has 0 radical (unpaired) electrons. The van der Waals surface area contributed by atoms with E-state index in [0.717, 1.165) is 17.2 Å². The van der Waals surface area contributed by atoms with E-state index >= 15 is 0 Å². The monoisotopic (exact) mass is 281 g/mol. The van der Waals surface area contributed by atoms with Gasteiger partial charge in [-0.2, -0.15) is 0 Å². The van der Waals surface area contributed by atoms with E-state index < -0.39 is 17.7 Å². The molecule has 1 nitrogen and oxygen atoms in total. The lowest BCUT2D eigenvalue weighted by atomic mass is 9.97. The van der Waals surface area contributed by atoms with Crippen molar-refractivity contribution in [3.8, 4) is 0 Å². The third-order valence-corrected chi connectivity index (χ3v) is 3.38. The summed E-state index contributed by atoms with van der Waals surface area (Å²) in [4.78, 5) is 0. The Bertz CT molecular complexity index is 599. The molecule has 0 aromatic heterocycles. The second-order valence-corrected chi connectivity index (χ2v) is 4.80. The van der Waals surface area contributed by atoms with Crippen molar-refractivity contribution in [3.05, 3.63) is 69.7 Å². The normalized spacial score (nSPS) is 12.5. The molecule has 0 bridgehead atoms. The number of hydrogen-bond donors (Lipinski definition) is 1. The van der Waals surface area contributed by atoms with Crippen LogP contribution in [0.1, 0.15) is 22.7 Å². The number of benzene rings is 2. The minimum atomic E-state index is -0.860. The van der Waals surface area contributed by atoms with Gasteiger partial charge in [0.2, 0.25) is 0 Å². The van der Waals surface area contributed by atoms with Crippen LogP contribution >= 0.6 is 11.6 Å². The van der Waals surface area contributed by atoms with Crippen LogP contribution in [0.15, 0.2) is 36.4 Å². The summed E-state index contributed by atoms with van der Waals surface area (Å²) in [6, 6.07) is 9.17. The van der Waals surface area contributed by atoms with Gasteiger partial charge in [0.1, 0.15) is 0 Å². The van der Waals surface area contributed by atoms with Gasteiger partial charge in [-0.05, 0) is 37.2 Å². The van der Waals surface area contributed by atoms with E-state index in [9.17, 15) is 8.78 Å². The maximum absolute atomic E-state index is 13.9. The molecule has 100 valence electrons. The highest BCUT2D eigenvalue weighted by Crippen LogP contribution is 2.30. The summed E-state index contributed by atoms with van der Waals surface area (Å²) in [6.07, 6.45) is 0. The second-order valence-electron chi connectivity index (χ2n) is 4.39. The maximum atomic E-state index is 13.9. The summed E-state index contributed by atoms with van der Waals surface area (Å²) in [6.45, 7) is 1.92. The largest absolute Gasteiger partial charge is 0.309 e. The molecule has 2 aromatic rings. The molecule has 2 aromatic carbocycles. The molecule has 19 heavy (non-hydrogen) atoms. The fraction of sp³-hybridized carbons (Fsp3) is 0.200. The number of halogens is 3. The quantitative estimate of drug-likeness (QED) is 0.887. The molecule has 0 aliphatic carbocycles. The summed E-state index contributed by atoms with van der Waals surface area (Å²) in [5.74, 6) is -1.71. The summed E-state index contributed by atoms with van der Waals surface area (Å²) in [5.41, 5.74) is 1.98. The Morgan fingerprint density at radius 2 is 1.84 bits per heavy atom. The highest BCUT2D eigenvalue weighted by molar-refractivity contribution is 6.31. The first kappa shape index (κ1) is 14.0. The molecule has 1 N–H and O–H groups in total. The van der Waals surface area contributed by atoms with Crippen molar-refractivity contribution >= 4 is 11.6 Å². The smallest absolute Gasteiger partial charge is 0.163 e. The topological polar surface area (TPSA) is 12.0 Å². The molecule has 4 heteroatoms. The van der Waals surface area contributed by atoms with Crippen molar-refractivity contribution in [2.45, 2.75) is 13.0 Å². The van der Waals surface area contributed by atoms with Gasteiger partial charge in [-0.25, -0.2) is 8.78 Å². The van der Waals surface area contributed by atoms with Gasteiger partial charge in [0.05, 0.1) is 6.04 Å². The van der Waals surface area contributed by atoms with Crippen LogP contribution in [0.4, 0.5) is 8.78 Å². The van der Waals surface area contributed by atoms with Crippen molar-refractivity contribution in [2.24, 2.45) is 0 Å². The molecule has 0 aliphatic rings. The lowest BCUT2D eigenvalue weighted by molar-refractivity contribution is 0.487. The average molecular weight is 282 g/mol. The minimum absolute atomic E-state index is 0.244. The summed E-state index contributed by atoms with van der Waals surface area (Å²) < 4.78 is 27.2. The maximum Gasteiger partial charge on any atom is 0.163 e. The minimum Gasteiger partial charge on any atom is -0.309 e. The van der Waals surface area contributed by atoms with Gasteiger partial charge in [0.15, 0.2) is 11.6 Å². The van der Waals surface area contributed by atoms with Crippen molar-refractivity contribution in [2.75, 3.05) is 7.05 Å². The second kappa shape index (κ2) is 5.68. The lowest BCUT2D eigenvalue weighted by Crippen LogP contribution is -2.20. The average Bonchev–Trinajstić information content (AvgIpc) is 2.37. The Morgan fingerprint density at radius 1 is 1.11 bits per heavy atom. The van der Waals surface area contributed by atoms with Crippen LogP contribution < -0.4 is 5.32 Å². The third-order valence-electron chi connectivity index (χ3n) is 3.05. The van der Waals surface area contributed by atoms with E-state index in [1.807, 2.05) is 19.1 Å². The van der Waals surface area contributed by atoms with Gasteiger partial charge in [0.25, 0.3) is 0 Å². The molecule has 0 saturated heterocycles. The van der Waals surface area contributed by atoms with E-state index in [-0.39, 0.29) is 5.56 Å². The first-order valence-corrected chi connectivity index (χ1v) is 6.29. The van der Waals surface area contributed by atoms with Gasteiger partial charge in [0, 0.05) is 10.6 Å². The van der Waals surface area contributed by atoms with Crippen LogP contribution in [-0.2, 0) is 0 Å². The van der Waals surface area contributed by atoms with Gasteiger partial charge in [-0.15, -0.1) is 0 Å². The van der Waals surface area contributed by atoms with Crippen LogP contribution in [0, 0.1) is 18.6 Å². The first-order valence-electron chi connectivity index (χ1n) is 5.92. The van der Waals surface area contributed by atoms with Gasteiger partial charge in [-0.1, -0.05) is 35.9 Å².